The van der Waals surface area contributed by atoms with E-state index in [1.54, 1.807) is 0 Å². The first-order chi connectivity index (χ1) is 6.00. The van der Waals surface area contributed by atoms with Crippen molar-refractivity contribution < 1.29 is 85.2 Å². The fourth-order valence-electron chi connectivity index (χ4n) is 0. The zero-order valence-corrected chi connectivity index (χ0v) is 15.5. The topological polar surface area (TPSA) is 190 Å². The summed E-state index contributed by atoms with van der Waals surface area (Å²) in [5, 5.41) is 0. The maximum atomic E-state index is 9.10. The second-order valence-corrected chi connectivity index (χ2v) is 6.94. The van der Waals surface area contributed by atoms with Gasteiger partial charge >= 0.3 is 42.1 Å². The van der Waals surface area contributed by atoms with Crippen molar-refractivity contribution in [3.8, 4) is 0 Å². The Hall–Kier alpha value is 1.83. The van der Waals surface area contributed by atoms with E-state index in [1.807, 2.05) is 0 Å². The molecule has 2 radical (unpaired) electrons. The van der Waals surface area contributed by atoms with Gasteiger partial charge in [0, 0.05) is 0 Å². The zero-order valence-electron chi connectivity index (χ0n) is 8.83. The molecule has 0 fully saturated rings. The Labute approximate surface area is 127 Å². The summed E-state index contributed by atoms with van der Waals surface area (Å²) in [6.07, 6.45) is 0. The Morgan fingerprint density at radius 1 is 0.529 bits per heavy atom. The third-order valence-electron chi connectivity index (χ3n) is 0. The largest absolute Gasteiger partial charge is 3.00 e. The Bertz CT molecular complexity index is 216. The van der Waals surface area contributed by atoms with Gasteiger partial charge in [-0.1, -0.05) is 22.8 Å². The van der Waals surface area contributed by atoms with Crippen molar-refractivity contribution in [3.63, 3.8) is 0 Å². The van der Waals surface area contributed by atoms with Crippen molar-refractivity contribution in [2.24, 2.45) is 0 Å². The normalized spacial score (nSPS) is 10.4. The molecule has 0 amide bonds. The summed E-state index contributed by atoms with van der Waals surface area (Å²) in [5.41, 5.74) is 0. The Morgan fingerprint density at radius 2 is 0.529 bits per heavy atom. The molecule has 0 N–H and O–H groups in total. The molecule has 0 aliphatic rings. The SMILES string of the molecule is CP(=O)([O-])[O-].CP(=O)([O-])[O-].CP(=O)([O-])[O-].[Mo+3].[Mo+3]. The van der Waals surface area contributed by atoms with Crippen LogP contribution in [0.2, 0.25) is 0 Å². The molecule has 14 heteroatoms. The van der Waals surface area contributed by atoms with Crippen molar-refractivity contribution in [3.05, 3.63) is 0 Å². The Balaban J connectivity index is -0.0000000400. The van der Waals surface area contributed by atoms with Gasteiger partial charge in [0.15, 0.2) is 0 Å². The van der Waals surface area contributed by atoms with Gasteiger partial charge in [-0.05, 0) is 20.0 Å². The molecule has 0 aromatic heterocycles. The Morgan fingerprint density at radius 3 is 0.529 bits per heavy atom. The van der Waals surface area contributed by atoms with E-state index in [2.05, 4.69) is 0 Å². The zero-order chi connectivity index (χ0) is 13.5. The van der Waals surface area contributed by atoms with E-state index in [1.165, 1.54) is 0 Å². The average Bonchev–Trinajstić information content (AvgIpc) is 1.41. The minimum absolute atomic E-state index is 0. The van der Waals surface area contributed by atoms with Crippen molar-refractivity contribution in [1.82, 2.24) is 0 Å². The van der Waals surface area contributed by atoms with E-state index in [9.17, 15) is 0 Å². The van der Waals surface area contributed by atoms with Crippen LogP contribution in [0.4, 0.5) is 0 Å². The smallest absolute Gasteiger partial charge is 0.811 e. The van der Waals surface area contributed by atoms with Gasteiger partial charge in [-0.15, -0.1) is 0 Å². The molecule has 17 heavy (non-hydrogen) atoms. The predicted octanol–water partition coefficient (Wildman–Crippen LogP) is -4.42. The molecule has 0 aliphatic carbocycles. The molecule has 0 spiro atoms. The van der Waals surface area contributed by atoms with Crippen LogP contribution in [-0.2, 0) is 55.8 Å². The van der Waals surface area contributed by atoms with E-state index in [4.69, 9.17) is 43.1 Å². The van der Waals surface area contributed by atoms with Gasteiger partial charge in [-0.3, -0.25) is 0 Å². The molecule has 0 aromatic carbocycles. The summed E-state index contributed by atoms with van der Waals surface area (Å²) >= 11 is 0. The summed E-state index contributed by atoms with van der Waals surface area (Å²) in [7, 11) is -12.4. The summed E-state index contributed by atoms with van der Waals surface area (Å²) in [4.78, 5) is 54.6. The molecular weight excluding hydrogens is 465 g/mol. The quantitative estimate of drug-likeness (QED) is 0.247. The van der Waals surface area contributed by atoms with Crippen molar-refractivity contribution in [2.75, 3.05) is 20.0 Å². The Kier molecular flexibility index (Phi) is 23.6. The first kappa shape index (κ1) is 31.3. The molecule has 0 rings (SSSR count). The second-order valence-electron chi connectivity index (χ2n) is 2.31. The molecule has 0 bridgehead atoms. The number of hydrogen-bond acceptors (Lipinski definition) is 9. The van der Waals surface area contributed by atoms with Crippen LogP contribution in [0.5, 0.6) is 0 Å². The van der Waals surface area contributed by atoms with Crippen LogP contribution in [0.1, 0.15) is 0 Å². The maximum absolute atomic E-state index is 9.10. The van der Waals surface area contributed by atoms with Crippen molar-refractivity contribution in [1.29, 1.82) is 0 Å². The standard InChI is InChI=1S/3CH5O3P.2Mo/c3*1-5(2,3)4;;/h3*1H3,(H2,2,3,4);;/q;;;2*+3/p-6. The summed E-state index contributed by atoms with van der Waals surface area (Å²) in [6.45, 7) is 1.90. The van der Waals surface area contributed by atoms with E-state index >= 15 is 0 Å². The monoisotopic (exact) mass is 478 g/mol. The van der Waals surface area contributed by atoms with Crippen molar-refractivity contribution >= 4 is 22.8 Å². The summed E-state index contributed by atoms with van der Waals surface area (Å²) in [6, 6.07) is 0. The first-order valence-corrected chi connectivity index (χ1v) is 8.95. The molecule has 0 aliphatic heterocycles. The van der Waals surface area contributed by atoms with E-state index in [0.29, 0.717) is 20.0 Å². The molecule has 0 saturated heterocycles. The molecule has 0 unspecified atom stereocenters. The average molecular weight is 474 g/mol. The van der Waals surface area contributed by atoms with Gasteiger partial charge in [-0.2, -0.15) is 0 Å². The molecule has 0 aromatic rings. The fraction of sp³-hybridized carbons (Fsp3) is 1.00. The molecular formula is C3H9Mo2O9P3. The van der Waals surface area contributed by atoms with Gasteiger partial charge in [0.05, 0.1) is 0 Å². The van der Waals surface area contributed by atoms with Gasteiger partial charge in [0.25, 0.3) is 0 Å². The van der Waals surface area contributed by atoms with Gasteiger partial charge < -0.3 is 43.1 Å². The third kappa shape index (κ3) is 1340. The third-order valence-corrected chi connectivity index (χ3v) is 0. The molecule has 102 valence electrons. The van der Waals surface area contributed by atoms with Crippen LogP contribution >= 0.6 is 22.8 Å². The van der Waals surface area contributed by atoms with Crippen LogP contribution < -0.4 is 29.4 Å². The van der Waals surface area contributed by atoms with Crippen LogP contribution in [0.25, 0.3) is 0 Å². The van der Waals surface area contributed by atoms with E-state index < -0.39 is 22.8 Å². The van der Waals surface area contributed by atoms with Crippen molar-refractivity contribution in [2.45, 2.75) is 0 Å². The minimum atomic E-state index is -4.14. The summed E-state index contributed by atoms with van der Waals surface area (Å²) in [5.74, 6) is 0. The van der Waals surface area contributed by atoms with Gasteiger partial charge in [0.1, 0.15) is 0 Å². The van der Waals surface area contributed by atoms with Gasteiger partial charge in [0.2, 0.25) is 0 Å². The van der Waals surface area contributed by atoms with Crippen LogP contribution in [0, 0.1) is 0 Å². The minimum Gasteiger partial charge on any atom is -0.811 e. The van der Waals surface area contributed by atoms with E-state index in [-0.39, 0.29) is 42.1 Å². The van der Waals surface area contributed by atoms with Crippen LogP contribution in [0.3, 0.4) is 0 Å². The van der Waals surface area contributed by atoms with Gasteiger partial charge in [-0.25, -0.2) is 0 Å². The molecule has 0 heterocycles. The fourth-order valence-corrected chi connectivity index (χ4v) is 0. The second kappa shape index (κ2) is 12.8. The number of rotatable bonds is 0. The predicted molar refractivity (Wildman–Crippen MR) is 40.6 cm³/mol. The van der Waals surface area contributed by atoms with E-state index in [0.717, 1.165) is 0 Å². The first-order valence-electron chi connectivity index (χ1n) is 2.98. The number of hydrogen-bond donors (Lipinski definition) is 0. The van der Waals surface area contributed by atoms with Crippen LogP contribution in [-0.4, -0.2) is 20.0 Å². The maximum Gasteiger partial charge on any atom is 3.00 e. The molecule has 9 nitrogen and oxygen atoms in total. The molecule has 0 atom stereocenters. The summed E-state index contributed by atoms with van der Waals surface area (Å²) < 4.78 is 27.3. The molecule has 0 saturated carbocycles. The van der Waals surface area contributed by atoms with Crippen LogP contribution in [0.15, 0.2) is 0 Å².